The second-order valence-corrected chi connectivity index (χ2v) is 6.59. The van der Waals surface area contributed by atoms with E-state index < -0.39 is 27.9 Å². The molecule has 0 bridgehead atoms. The average molecular weight is 328 g/mol. The van der Waals surface area contributed by atoms with Gasteiger partial charge in [0, 0.05) is 18.7 Å². The van der Waals surface area contributed by atoms with Gasteiger partial charge in [0.1, 0.15) is 6.04 Å². The minimum atomic E-state index is -3.67. The van der Waals surface area contributed by atoms with Crippen molar-refractivity contribution in [3.05, 3.63) is 29.8 Å². The summed E-state index contributed by atoms with van der Waals surface area (Å²) in [5.74, 6) is -1.80. The fourth-order valence-corrected chi connectivity index (χ4v) is 3.36. The SMILES string of the molecule is CCN(CC)S(=O)(=O)c1cccc(C(=O)N[C@H](C)C(=O)O)c1. The highest BCUT2D eigenvalue weighted by molar-refractivity contribution is 7.89. The van der Waals surface area contributed by atoms with Crippen molar-refractivity contribution in [1.82, 2.24) is 9.62 Å². The van der Waals surface area contributed by atoms with Gasteiger partial charge in [-0.3, -0.25) is 9.59 Å². The molecule has 2 N–H and O–H groups in total. The number of nitrogens with zero attached hydrogens (tertiary/aromatic N) is 1. The van der Waals surface area contributed by atoms with Gasteiger partial charge in [-0.05, 0) is 25.1 Å². The normalized spacial score (nSPS) is 12.9. The Bertz CT molecular complexity index is 653. The molecule has 0 unspecified atom stereocenters. The van der Waals surface area contributed by atoms with Gasteiger partial charge >= 0.3 is 5.97 Å². The predicted octanol–water partition coefficient (Wildman–Crippen LogP) is 0.920. The number of rotatable bonds is 7. The van der Waals surface area contributed by atoms with Gasteiger partial charge in [-0.1, -0.05) is 19.9 Å². The van der Waals surface area contributed by atoms with Gasteiger partial charge in [0.25, 0.3) is 5.91 Å². The summed E-state index contributed by atoms with van der Waals surface area (Å²) in [5.41, 5.74) is 0.0985. The molecule has 0 saturated carbocycles. The lowest BCUT2D eigenvalue weighted by Crippen LogP contribution is -2.38. The van der Waals surface area contributed by atoms with Crippen molar-refractivity contribution >= 4 is 21.9 Å². The molecule has 1 atom stereocenters. The minimum absolute atomic E-state index is 0.00632. The lowest BCUT2D eigenvalue weighted by molar-refractivity contribution is -0.138. The van der Waals surface area contributed by atoms with E-state index in [1.54, 1.807) is 13.8 Å². The lowest BCUT2D eigenvalue weighted by atomic mass is 10.2. The lowest BCUT2D eigenvalue weighted by Gasteiger charge is -2.18. The number of hydrogen-bond acceptors (Lipinski definition) is 4. The number of carboxylic acids is 1. The summed E-state index contributed by atoms with van der Waals surface area (Å²) in [5, 5.41) is 11.1. The monoisotopic (exact) mass is 328 g/mol. The largest absolute Gasteiger partial charge is 0.480 e. The molecular weight excluding hydrogens is 308 g/mol. The first-order chi connectivity index (χ1) is 10.2. The number of hydrogen-bond donors (Lipinski definition) is 2. The third-order valence-electron chi connectivity index (χ3n) is 3.16. The highest BCUT2D eigenvalue weighted by atomic mass is 32.2. The summed E-state index contributed by atoms with van der Waals surface area (Å²) < 4.78 is 26.1. The molecule has 0 fully saturated rings. The van der Waals surface area contributed by atoms with Crippen LogP contribution in [0.3, 0.4) is 0 Å². The molecule has 0 aliphatic rings. The van der Waals surface area contributed by atoms with Crippen LogP contribution in [0.25, 0.3) is 0 Å². The molecule has 1 amide bonds. The molecule has 0 radical (unpaired) electrons. The fourth-order valence-electron chi connectivity index (χ4n) is 1.85. The molecule has 0 aliphatic carbocycles. The van der Waals surface area contributed by atoms with Gasteiger partial charge in [0.05, 0.1) is 4.90 Å². The second-order valence-electron chi connectivity index (χ2n) is 4.65. The number of carbonyl (C=O) groups excluding carboxylic acids is 1. The molecule has 7 nitrogen and oxygen atoms in total. The molecule has 8 heteroatoms. The molecule has 0 heterocycles. The highest BCUT2D eigenvalue weighted by Crippen LogP contribution is 2.17. The minimum Gasteiger partial charge on any atom is -0.480 e. The molecule has 0 spiro atoms. The standard InChI is InChI=1S/C14H20N2O5S/c1-4-16(5-2)22(20,21)12-8-6-7-11(9-12)13(17)15-10(3)14(18)19/h6-10H,4-5H2,1-3H3,(H,15,17)(H,18,19)/t10-/m1/s1. The maximum atomic E-state index is 12.4. The van der Waals surface area contributed by atoms with E-state index in [0.717, 1.165) is 0 Å². The van der Waals surface area contributed by atoms with Crippen LogP contribution in [0.2, 0.25) is 0 Å². The smallest absolute Gasteiger partial charge is 0.325 e. The quantitative estimate of drug-likeness (QED) is 0.774. The molecule has 122 valence electrons. The summed E-state index contributed by atoms with van der Waals surface area (Å²) in [6, 6.07) is 4.49. The van der Waals surface area contributed by atoms with Crippen molar-refractivity contribution in [3.8, 4) is 0 Å². The van der Waals surface area contributed by atoms with Crippen LogP contribution in [0.4, 0.5) is 0 Å². The summed E-state index contributed by atoms with van der Waals surface area (Å²) in [7, 11) is -3.67. The average Bonchev–Trinajstić information content (AvgIpc) is 2.48. The van der Waals surface area contributed by atoms with Crippen molar-refractivity contribution in [3.63, 3.8) is 0 Å². The number of amides is 1. The zero-order valence-electron chi connectivity index (χ0n) is 12.7. The van der Waals surface area contributed by atoms with Crippen LogP contribution in [0.5, 0.6) is 0 Å². The maximum Gasteiger partial charge on any atom is 0.325 e. The fraction of sp³-hybridized carbons (Fsp3) is 0.429. The topological polar surface area (TPSA) is 104 Å². The second kappa shape index (κ2) is 7.37. The highest BCUT2D eigenvalue weighted by Gasteiger charge is 2.23. The van der Waals surface area contributed by atoms with Crippen molar-refractivity contribution in [2.75, 3.05) is 13.1 Å². The Hall–Kier alpha value is -1.93. The molecular formula is C14H20N2O5S. The third kappa shape index (κ3) is 4.05. The number of aliphatic carboxylic acids is 1. The van der Waals surface area contributed by atoms with Gasteiger partial charge < -0.3 is 10.4 Å². The van der Waals surface area contributed by atoms with Crippen LogP contribution < -0.4 is 5.32 Å². The van der Waals surface area contributed by atoms with Crippen molar-refractivity contribution < 1.29 is 23.1 Å². The van der Waals surface area contributed by atoms with Crippen molar-refractivity contribution in [2.24, 2.45) is 0 Å². The van der Waals surface area contributed by atoms with Crippen molar-refractivity contribution in [2.45, 2.75) is 31.7 Å². The molecule has 0 aromatic heterocycles. The Kier molecular flexibility index (Phi) is 6.07. The van der Waals surface area contributed by atoms with Crippen LogP contribution in [0, 0.1) is 0 Å². The van der Waals surface area contributed by atoms with E-state index in [4.69, 9.17) is 5.11 Å². The van der Waals surface area contributed by atoms with Crippen LogP contribution in [-0.2, 0) is 14.8 Å². The Morgan fingerprint density at radius 3 is 2.36 bits per heavy atom. The zero-order chi connectivity index (χ0) is 16.9. The molecule has 0 aliphatic heterocycles. The first-order valence-corrected chi connectivity index (χ1v) is 8.31. The first-order valence-electron chi connectivity index (χ1n) is 6.87. The van der Waals surface area contributed by atoms with E-state index in [0.29, 0.717) is 13.1 Å². The number of carbonyl (C=O) groups is 2. The Morgan fingerprint density at radius 1 is 1.27 bits per heavy atom. The summed E-state index contributed by atoms with van der Waals surface area (Å²) in [6.07, 6.45) is 0. The Balaban J connectivity index is 3.09. The van der Waals surface area contributed by atoms with E-state index >= 15 is 0 Å². The van der Waals surface area contributed by atoms with E-state index in [1.165, 1.54) is 35.5 Å². The number of benzene rings is 1. The molecule has 1 rings (SSSR count). The third-order valence-corrected chi connectivity index (χ3v) is 5.20. The van der Waals surface area contributed by atoms with Gasteiger partial charge in [0.2, 0.25) is 10.0 Å². The van der Waals surface area contributed by atoms with Crippen LogP contribution >= 0.6 is 0 Å². The van der Waals surface area contributed by atoms with E-state index in [-0.39, 0.29) is 10.5 Å². The number of sulfonamides is 1. The van der Waals surface area contributed by atoms with E-state index in [1.807, 2.05) is 0 Å². The van der Waals surface area contributed by atoms with Gasteiger partial charge in [0.15, 0.2) is 0 Å². The Morgan fingerprint density at radius 2 is 1.86 bits per heavy atom. The summed E-state index contributed by atoms with van der Waals surface area (Å²) >= 11 is 0. The summed E-state index contributed by atoms with van der Waals surface area (Å²) in [4.78, 5) is 22.7. The van der Waals surface area contributed by atoms with Crippen LogP contribution in [0.15, 0.2) is 29.2 Å². The molecule has 1 aromatic rings. The molecule has 0 saturated heterocycles. The first kappa shape index (κ1) is 18.1. The number of nitrogens with one attached hydrogen (secondary N) is 1. The van der Waals surface area contributed by atoms with Crippen LogP contribution in [-0.4, -0.2) is 48.8 Å². The predicted molar refractivity (Wildman–Crippen MR) is 81.1 cm³/mol. The van der Waals surface area contributed by atoms with E-state index in [9.17, 15) is 18.0 Å². The van der Waals surface area contributed by atoms with Crippen molar-refractivity contribution in [1.29, 1.82) is 0 Å². The van der Waals surface area contributed by atoms with Gasteiger partial charge in [-0.25, -0.2) is 8.42 Å². The maximum absolute atomic E-state index is 12.4. The number of carboxylic acid groups (broad SMARTS) is 1. The molecule has 22 heavy (non-hydrogen) atoms. The zero-order valence-corrected chi connectivity index (χ0v) is 13.6. The van der Waals surface area contributed by atoms with Gasteiger partial charge in [-0.15, -0.1) is 0 Å². The van der Waals surface area contributed by atoms with E-state index in [2.05, 4.69) is 5.32 Å². The summed E-state index contributed by atoms with van der Waals surface area (Å²) in [6.45, 7) is 5.44. The van der Waals surface area contributed by atoms with Crippen LogP contribution in [0.1, 0.15) is 31.1 Å². The van der Waals surface area contributed by atoms with Gasteiger partial charge in [-0.2, -0.15) is 4.31 Å². The Labute approximate surface area is 130 Å². The molecule has 1 aromatic carbocycles.